The number of aliphatic hydroxyl groups is 1. The van der Waals surface area contributed by atoms with Crippen LogP contribution in [0.4, 0.5) is 4.39 Å². The summed E-state index contributed by atoms with van der Waals surface area (Å²) in [6.45, 7) is 5.57. The van der Waals surface area contributed by atoms with Crippen LogP contribution in [0.15, 0.2) is 18.2 Å². The summed E-state index contributed by atoms with van der Waals surface area (Å²) >= 11 is 0. The molecule has 0 saturated heterocycles. The van der Waals surface area contributed by atoms with Crippen LogP contribution >= 0.6 is 0 Å². The van der Waals surface area contributed by atoms with E-state index < -0.39 is 0 Å². The summed E-state index contributed by atoms with van der Waals surface area (Å²) in [5.74, 6) is 0.565. The van der Waals surface area contributed by atoms with Crippen molar-refractivity contribution in [3.63, 3.8) is 0 Å². The van der Waals surface area contributed by atoms with Gasteiger partial charge in [-0.2, -0.15) is 0 Å². The van der Waals surface area contributed by atoms with Crippen molar-refractivity contribution < 1.29 is 9.50 Å². The Morgan fingerprint density at radius 3 is 2.67 bits per heavy atom. The van der Waals surface area contributed by atoms with Gasteiger partial charge in [-0.15, -0.1) is 10.2 Å². The first-order valence-electron chi connectivity index (χ1n) is 5.85. The van der Waals surface area contributed by atoms with Crippen molar-refractivity contribution in [3.8, 4) is 11.4 Å². The Morgan fingerprint density at radius 1 is 1.33 bits per heavy atom. The molecule has 0 bridgehead atoms. The monoisotopic (exact) mass is 249 g/mol. The smallest absolute Gasteiger partial charge is 0.167 e. The molecule has 1 aromatic carbocycles. The van der Waals surface area contributed by atoms with Crippen LogP contribution in [0, 0.1) is 12.7 Å². The number of benzene rings is 1. The molecule has 0 saturated carbocycles. The molecule has 18 heavy (non-hydrogen) atoms. The van der Waals surface area contributed by atoms with Crippen LogP contribution in [-0.2, 0) is 6.61 Å². The van der Waals surface area contributed by atoms with E-state index in [9.17, 15) is 9.50 Å². The summed E-state index contributed by atoms with van der Waals surface area (Å²) in [4.78, 5) is 0. The van der Waals surface area contributed by atoms with E-state index in [1.165, 1.54) is 6.07 Å². The molecule has 0 aliphatic heterocycles. The fourth-order valence-electron chi connectivity index (χ4n) is 1.97. The highest BCUT2D eigenvalue weighted by Crippen LogP contribution is 2.25. The van der Waals surface area contributed by atoms with E-state index in [1.807, 2.05) is 20.8 Å². The molecule has 0 fully saturated rings. The second kappa shape index (κ2) is 4.86. The SMILES string of the molecule is Cc1ccc(F)c(-c2nnc(CO)n2C(C)C)c1. The van der Waals surface area contributed by atoms with E-state index in [-0.39, 0.29) is 18.5 Å². The molecule has 1 aromatic heterocycles. The molecular formula is C13H16FN3O. The molecule has 2 aromatic rings. The van der Waals surface area contributed by atoms with Gasteiger partial charge in [-0.3, -0.25) is 0 Å². The first-order chi connectivity index (χ1) is 8.54. The molecule has 2 rings (SSSR count). The predicted octanol–water partition coefficient (Wildman–Crippen LogP) is 2.47. The molecule has 0 radical (unpaired) electrons. The molecule has 0 spiro atoms. The van der Waals surface area contributed by atoms with E-state index in [4.69, 9.17) is 0 Å². The predicted molar refractivity (Wildman–Crippen MR) is 66.5 cm³/mol. The summed E-state index contributed by atoms with van der Waals surface area (Å²) in [7, 11) is 0. The van der Waals surface area contributed by atoms with Crippen molar-refractivity contribution in [1.82, 2.24) is 14.8 Å². The molecular weight excluding hydrogens is 233 g/mol. The highest BCUT2D eigenvalue weighted by atomic mass is 19.1. The van der Waals surface area contributed by atoms with Crippen molar-refractivity contribution >= 4 is 0 Å². The number of hydrogen-bond acceptors (Lipinski definition) is 3. The molecule has 96 valence electrons. The van der Waals surface area contributed by atoms with Gasteiger partial charge in [-0.25, -0.2) is 4.39 Å². The van der Waals surface area contributed by atoms with Crippen molar-refractivity contribution in [2.45, 2.75) is 33.4 Å². The van der Waals surface area contributed by atoms with Crippen molar-refractivity contribution in [3.05, 3.63) is 35.4 Å². The Labute approximate surface area is 105 Å². The lowest BCUT2D eigenvalue weighted by atomic mass is 10.1. The average Bonchev–Trinajstić information content (AvgIpc) is 2.75. The van der Waals surface area contributed by atoms with Crippen molar-refractivity contribution in [1.29, 1.82) is 0 Å². The maximum absolute atomic E-state index is 13.9. The quantitative estimate of drug-likeness (QED) is 0.909. The van der Waals surface area contributed by atoms with Gasteiger partial charge in [0.1, 0.15) is 12.4 Å². The molecule has 0 aliphatic carbocycles. The first-order valence-corrected chi connectivity index (χ1v) is 5.85. The number of hydrogen-bond donors (Lipinski definition) is 1. The Kier molecular flexibility index (Phi) is 3.43. The zero-order chi connectivity index (χ0) is 13.3. The molecule has 1 N–H and O–H groups in total. The highest BCUT2D eigenvalue weighted by Gasteiger charge is 2.18. The van der Waals surface area contributed by atoms with E-state index in [1.54, 1.807) is 16.7 Å². The van der Waals surface area contributed by atoms with Gasteiger partial charge in [-0.1, -0.05) is 11.6 Å². The lowest BCUT2D eigenvalue weighted by Gasteiger charge is -2.13. The minimum absolute atomic E-state index is 0.0528. The highest BCUT2D eigenvalue weighted by molar-refractivity contribution is 5.57. The minimum atomic E-state index is -0.334. The topological polar surface area (TPSA) is 50.9 Å². The summed E-state index contributed by atoms with van der Waals surface area (Å²) in [5, 5.41) is 17.1. The van der Waals surface area contributed by atoms with E-state index in [0.717, 1.165) is 5.56 Å². The third-order valence-electron chi connectivity index (χ3n) is 2.79. The number of nitrogens with zero attached hydrogens (tertiary/aromatic N) is 3. The standard InChI is InChI=1S/C13H16FN3O/c1-8(2)17-12(7-18)15-16-13(17)10-6-9(3)4-5-11(10)14/h4-6,8,18H,7H2,1-3H3. The van der Waals surface area contributed by atoms with Crippen LogP contribution in [0.3, 0.4) is 0 Å². The first kappa shape index (κ1) is 12.7. The van der Waals surface area contributed by atoms with Crippen molar-refractivity contribution in [2.24, 2.45) is 0 Å². The van der Waals surface area contributed by atoms with Crippen LogP contribution in [0.2, 0.25) is 0 Å². The number of halogens is 1. The molecule has 0 unspecified atom stereocenters. The second-order valence-electron chi connectivity index (χ2n) is 4.54. The van der Waals surface area contributed by atoms with E-state index >= 15 is 0 Å². The van der Waals surface area contributed by atoms with E-state index in [2.05, 4.69) is 10.2 Å². The van der Waals surface area contributed by atoms with Crippen LogP contribution in [0.25, 0.3) is 11.4 Å². The Morgan fingerprint density at radius 2 is 2.06 bits per heavy atom. The zero-order valence-electron chi connectivity index (χ0n) is 10.7. The summed E-state index contributed by atoms with van der Waals surface area (Å²) in [5.41, 5.74) is 1.37. The van der Waals surface area contributed by atoms with Gasteiger partial charge in [-0.05, 0) is 32.9 Å². The Balaban J connectivity index is 2.63. The maximum Gasteiger partial charge on any atom is 0.167 e. The Hall–Kier alpha value is -1.75. The van der Waals surface area contributed by atoms with Gasteiger partial charge in [0.05, 0.1) is 5.56 Å². The molecule has 0 atom stereocenters. The largest absolute Gasteiger partial charge is 0.388 e. The number of aromatic nitrogens is 3. The van der Waals surface area contributed by atoms with Crippen LogP contribution < -0.4 is 0 Å². The maximum atomic E-state index is 13.9. The van der Waals surface area contributed by atoms with Crippen LogP contribution in [0.1, 0.15) is 31.3 Å². The Bertz CT molecular complexity index is 563. The fourth-order valence-corrected chi connectivity index (χ4v) is 1.97. The van der Waals surface area contributed by atoms with E-state index in [0.29, 0.717) is 17.2 Å². The van der Waals surface area contributed by atoms with Gasteiger partial charge in [0.25, 0.3) is 0 Å². The second-order valence-corrected chi connectivity index (χ2v) is 4.54. The lowest BCUT2D eigenvalue weighted by molar-refractivity contribution is 0.262. The molecule has 0 amide bonds. The fraction of sp³-hybridized carbons (Fsp3) is 0.385. The third kappa shape index (κ3) is 2.13. The summed E-state index contributed by atoms with van der Waals surface area (Å²) < 4.78 is 15.6. The zero-order valence-corrected chi connectivity index (χ0v) is 10.7. The molecule has 0 aliphatic rings. The van der Waals surface area contributed by atoms with Gasteiger partial charge >= 0.3 is 0 Å². The van der Waals surface area contributed by atoms with Gasteiger partial charge in [0.2, 0.25) is 0 Å². The average molecular weight is 249 g/mol. The molecule has 5 heteroatoms. The number of aryl methyl sites for hydroxylation is 1. The molecule has 4 nitrogen and oxygen atoms in total. The van der Waals surface area contributed by atoms with Crippen molar-refractivity contribution in [2.75, 3.05) is 0 Å². The van der Waals surface area contributed by atoms with Crippen LogP contribution in [0.5, 0.6) is 0 Å². The minimum Gasteiger partial charge on any atom is -0.388 e. The number of aliphatic hydroxyl groups excluding tert-OH is 1. The summed E-state index contributed by atoms with van der Waals surface area (Å²) in [6.07, 6.45) is 0. The third-order valence-corrected chi connectivity index (χ3v) is 2.79. The molecule has 1 heterocycles. The van der Waals surface area contributed by atoms with Gasteiger partial charge < -0.3 is 9.67 Å². The van der Waals surface area contributed by atoms with Crippen LogP contribution in [-0.4, -0.2) is 19.9 Å². The normalized spacial score (nSPS) is 11.2. The van der Waals surface area contributed by atoms with Gasteiger partial charge in [0.15, 0.2) is 11.6 Å². The summed E-state index contributed by atoms with van der Waals surface area (Å²) in [6, 6.07) is 4.92. The number of rotatable bonds is 3. The van der Waals surface area contributed by atoms with Gasteiger partial charge in [0, 0.05) is 6.04 Å². The lowest BCUT2D eigenvalue weighted by Crippen LogP contribution is -2.08.